The lowest BCUT2D eigenvalue weighted by Crippen LogP contribution is -2.17. The van der Waals surface area contributed by atoms with Crippen LogP contribution in [0.15, 0.2) is 36.8 Å². The van der Waals surface area contributed by atoms with Crippen LogP contribution in [0.1, 0.15) is 36.4 Å². The molecule has 0 aliphatic carbocycles. The third-order valence-electron chi connectivity index (χ3n) is 5.72. The summed E-state index contributed by atoms with van der Waals surface area (Å²) in [5, 5.41) is 21.9. The second kappa shape index (κ2) is 7.79. The number of rotatable bonds is 4. The van der Waals surface area contributed by atoms with E-state index in [4.69, 9.17) is 9.84 Å². The number of hydrogen-bond donors (Lipinski definition) is 4. The van der Waals surface area contributed by atoms with E-state index >= 15 is 0 Å². The number of ether oxygens (including phenoxy) is 1. The second-order valence-electron chi connectivity index (χ2n) is 7.69. The second-order valence-corrected chi connectivity index (χ2v) is 7.69. The minimum absolute atomic E-state index is 0.284. The molecule has 1 unspecified atom stereocenters. The number of aryl methyl sites for hydroxylation is 1. The molecule has 8 nitrogen and oxygen atoms in total. The fourth-order valence-electron chi connectivity index (χ4n) is 4.33. The zero-order valence-electron chi connectivity index (χ0n) is 16.4. The fraction of sp³-hybridized carbons (Fsp3) is 0.318. The molecular weight excluding hydrogens is 382 g/mol. The third kappa shape index (κ3) is 3.50. The summed E-state index contributed by atoms with van der Waals surface area (Å²) in [5.74, 6) is 1.31. The number of anilines is 1. The Morgan fingerprint density at radius 3 is 2.87 bits per heavy atom. The summed E-state index contributed by atoms with van der Waals surface area (Å²) in [6, 6.07) is 6.62. The molecule has 154 valence electrons. The van der Waals surface area contributed by atoms with E-state index in [9.17, 15) is 4.79 Å². The number of aromatic amines is 1. The number of pyridine rings is 1. The molecular formula is C22H23N5O3. The van der Waals surface area contributed by atoms with Gasteiger partial charge in [-0.05, 0) is 61.6 Å². The maximum atomic E-state index is 11.2. The van der Waals surface area contributed by atoms with Gasteiger partial charge in [-0.15, -0.1) is 0 Å². The molecule has 5 rings (SSSR count). The number of carboxylic acid groups (broad SMARTS) is 1. The SMILES string of the molecule is O=C(O)Nc1ncc(-c2cc3c(c(C4CCCN4)c2)OCCC3)cc1-c1cn[nH]c1. The normalized spacial score (nSPS) is 17.9. The molecule has 0 spiro atoms. The number of hydrogen-bond acceptors (Lipinski definition) is 5. The van der Waals surface area contributed by atoms with Crippen molar-refractivity contribution in [2.45, 2.75) is 31.7 Å². The lowest BCUT2D eigenvalue weighted by Gasteiger charge is -2.25. The summed E-state index contributed by atoms with van der Waals surface area (Å²) in [6.07, 6.45) is 8.19. The lowest BCUT2D eigenvalue weighted by atomic mass is 9.91. The summed E-state index contributed by atoms with van der Waals surface area (Å²) < 4.78 is 6.06. The summed E-state index contributed by atoms with van der Waals surface area (Å²) >= 11 is 0. The Morgan fingerprint density at radius 2 is 2.10 bits per heavy atom. The topological polar surface area (TPSA) is 112 Å². The molecule has 4 heterocycles. The first kappa shape index (κ1) is 18.6. The molecule has 1 saturated heterocycles. The highest BCUT2D eigenvalue weighted by atomic mass is 16.5. The van der Waals surface area contributed by atoms with Gasteiger partial charge in [-0.25, -0.2) is 9.78 Å². The highest BCUT2D eigenvalue weighted by Crippen LogP contribution is 2.40. The maximum Gasteiger partial charge on any atom is 0.410 e. The number of nitrogens with zero attached hydrogens (tertiary/aromatic N) is 2. The summed E-state index contributed by atoms with van der Waals surface area (Å²) in [4.78, 5) is 15.6. The number of aromatic nitrogens is 3. The van der Waals surface area contributed by atoms with Crippen molar-refractivity contribution < 1.29 is 14.6 Å². The summed E-state index contributed by atoms with van der Waals surface area (Å²) in [6.45, 7) is 1.78. The predicted octanol–water partition coefficient (Wildman–Crippen LogP) is 3.98. The minimum Gasteiger partial charge on any atom is -0.493 e. The van der Waals surface area contributed by atoms with Crippen LogP contribution < -0.4 is 15.4 Å². The molecule has 1 aromatic carbocycles. The van der Waals surface area contributed by atoms with Crippen molar-refractivity contribution in [3.63, 3.8) is 0 Å². The first-order chi connectivity index (χ1) is 14.7. The molecule has 3 aromatic rings. The first-order valence-electron chi connectivity index (χ1n) is 10.2. The Balaban J connectivity index is 1.62. The van der Waals surface area contributed by atoms with Crippen LogP contribution in [-0.2, 0) is 6.42 Å². The maximum absolute atomic E-state index is 11.2. The minimum atomic E-state index is -1.15. The number of carbonyl (C=O) groups is 1. The van der Waals surface area contributed by atoms with Gasteiger partial charge in [0.25, 0.3) is 0 Å². The Hall–Kier alpha value is -3.39. The molecule has 1 atom stereocenters. The van der Waals surface area contributed by atoms with Crippen LogP contribution in [0, 0.1) is 0 Å². The van der Waals surface area contributed by atoms with Gasteiger partial charge in [-0.1, -0.05) is 0 Å². The van der Waals surface area contributed by atoms with E-state index < -0.39 is 6.09 Å². The van der Waals surface area contributed by atoms with Gasteiger partial charge < -0.3 is 15.2 Å². The Labute approximate surface area is 173 Å². The molecule has 2 aliphatic rings. The Kier molecular flexibility index (Phi) is 4.84. The molecule has 4 N–H and O–H groups in total. The van der Waals surface area contributed by atoms with Crippen molar-refractivity contribution in [3.8, 4) is 28.0 Å². The lowest BCUT2D eigenvalue weighted by molar-refractivity contribution is 0.209. The monoisotopic (exact) mass is 405 g/mol. The van der Waals surface area contributed by atoms with Crippen LogP contribution in [0.25, 0.3) is 22.3 Å². The van der Waals surface area contributed by atoms with Crippen LogP contribution in [-0.4, -0.2) is 39.5 Å². The Morgan fingerprint density at radius 1 is 1.17 bits per heavy atom. The summed E-state index contributed by atoms with van der Waals surface area (Å²) in [5.41, 5.74) is 5.86. The number of amides is 1. The largest absolute Gasteiger partial charge is 0.493 e. The molecule has 2 aromatic heterocycles. The van der Waals surface area contributed by atoms with Gasteiger partial charge in [0.1, 0.15) is 11.6 Å². The first-order valence-corrected chi connectivity index (χ1v) is 10.2. The fourth-order valence-corrected chi connectivity index (χ4v) is 4.33. The van der Waals surface area contributed by atoms with Crippen molar-refractivity contribution in [3.05, 3.63) is 47.9 Å². The molecule has 30 heavy (non-hydrogen) atoms. The van der Waals surface area contributed by atoms with Crippen LogP contribution >= 0.6 is 0 Å². The number of H-pyrrole nitrogens is 1. The van der Waals surface area contributed by atoms with Crippen LogP contribution in [0.3, 0.4) is 0 Å². The number of nitrogens with one attached hydrogen (secondary N) is 3. The molecule has 0 saturated carbocycles. The third-order valence-corrected chi connectivity index (χ3v) is 5.72. The van der Waals surface area contributed by atoms with Gasteiger partial charge in [-0.2, -0.15) is 5.10 Å². The number of fused-ring (bicyclic) bond motifs is 1. The van der Waals surface area contributed by atoms with Crippen molar-refractivity contribution >= 4 is 11.9 Å². The quantitative estimate of drug-likeness (QED) is 0.522. The highest BCUT2D eigenvalue weighted by Gasteiger charge is 2.25. The zero-order valence-corrected chi connectivity index (χ0v) is 16.4. The van der Waals surface area contributed by atoms with Gasteiger partial charge in [0.05, 0.1) is 12.8 Å². The van der Waals surface area contributed by atoms with E-state index in [0.717, 1.165) is 61.3 Å². The van der Waals surface area contributed by atoms with Crippen LogP contribution in [0.4, 0.5) is 10.6 Å². The van der Waals surface area contributed by atoms with Crippen molar-refractivity contribution in [2.75, 3.05) is 18.5 Å². The van der Waals surface area contributed by atoms with Gasteiger partial charge in [0, 0.05) is 40.7 Å². The average molecular weight is 405 g/mol. The van der Waals surface area contributed by atoms with E-state index in [1.807, 2.05) is 6.07 Å². The molecule has 0 bridgehead atoms. The average Bonchev–Trinajstić information content (AvgIpc) is 3.47. The molecule has 0 radical (unpaired) electrons. The predicted molar refractivity (Wildman–Crippen MR) is 113 cm³/mol. The molecule has 1 fully saturated rings. The van der Waals surface area contributed by atoms with E-state index in [2.05, 4.69) is 37.9 Å². The van der Waals surface area contributed by atoms with Gasteiger partial charge in [0.2, 0.25) is 0 Å². The molecule has 1 amide bonds. The van der Waals surface area contributed by atoms with Gasteiger partial charge in [-0.3, -0.25) is 10.4 Å². The van der Waals surface area contributed by atoms with Crippen molar-refractivity contribution in [1.82, 2.24) is 20.5 Å². The van der Waals surface area contributed by atoms with Gasteiger partial charge >= 0.3 is 6.09 Å². The van der Waals surface area contributed by atoms with E-state index in [1.165, 1.54) is 11.1 Å². The van der Waals surface area contributed by atoms with Gasteiger partial charge in [0.15, 0.2) is 0 Å². The van der Waals surface area contributed by atoms with Crippen LogP contribution in [0.2, 0.25) is 0 Å². The highest BCUT2D eigenvalue weighted by molar-refractivity contribution is 5.90. The molecule has 8 heteroatoms. The zero-order chi connectivity index (χ0) is 20.5. The Bertz CT molecular complexity index is 1070. The van der Waals surface area contributed by atoms with E-state index in [-0.39, 0.29) is 5.82 Å². The van der Waals surface area contributed by atoms with Crippen molar-refractivity contribution in [1.29, 1.82) is 0 Å². The van der Waals surface area contributed by atoms with E-state index in [1.54, 1.807) is 18.6 Å². The van der Waals surface area contributed by atoms with E-state index in [0.29, 0.717) is 11.6 Å². The molecule has 2 aliphatic heterocycles. The summed E-state index contributed by atoms with van der Waals surface area (Å²) in [7, 11) is 0. The standard InChI is InChI=1S/C22H23N5O3/c28-22(29)27-21-17(16-11-25-26-12-16)9-15(10-24-21)14-7-13-3-2-6-30-20(13)18(8-14)19-4-1-5-23-19/h7-12,19,23H,1-6H2,(H,24,27)(H,25,26)(H,28,29). The number of benzene rings is 1. The smallest absolute Gasteiger partial charge is 0.410 e. The van der Waals surface area contributed by atoms with Crippen LogP contribution in [0.5, 0.6) is 5.75 Å². The van der Waals surface area contributed by atoms with Crippen molar-refractivity contribution in [2.24, 2.45) is 0 Å².